The Balaban J connectivity index is 2.51. The first kappa shape index (κ1) is 13.9. The van der Waals surface area contributed by atoms with Crippen molar-refractivity contribution in [2.24, 2.45) is 5.92 Å². The predicted molar refractivity (Wildman–Crippen MR) is 76.4 cm³/mol. The van der Waals surface area contributed by atoms with Crippen molar-refractivity contribution in [1.29, 1.82) is 0 Å². The molecule has 0 unspecified atom stereocenters. The van der Waals surface area contributed by atoms with Gasteiger partial charge in [0.1, 0.15) is 0 Å². The van der Waals surface area contributed by atoms with Crippen molar-refractivity contribution in [2.75, 3.05) is 22.6 Å². The highest BCUT2D eigenvalue weighted by Gasteiger charge is 2.07. The van der Waals surface area contributed by atoms with E-state index in [0.29, 0.717) is 17.4 Å². The monoisotopic (exact) mass is 252 g/mol. The van der Waals surface area contributed by atoms with Gasteiger partial charge in [0.2, 0.25) is 5.91 Å². The van der Waals surface area contributed by atoms with Gasteiger partial charge < -0.3 is 11.1 Å². The highest BCUT2D eigenvalue weighted by atomic mass is 32.2. The van der Waals surface area contributed by atoms with Gasteiger partial charge in [-0.2, -0.15) is 11.8 Å². The Bertz CT molecular complexity index is 371. The van der Waals surface area contributed by atoms with Crippen LogP contribution in [0.5, 0.6) is 0 Å². The molecule has 3 N–H and O–H groups in total. The van der Waals surface area contributed by atoms with E-state index < -0.39 is 0 Å². The molecule has 0 heterocycles. The van der Waals surface area contributed by atoms with Gasteiger partial charge in [-0.05, 0) is 30.2 Å². The van der Waals surface area contributed by atoms with Crippen LogP contribution in [0.3, 0.4) is 0 Å². The lowest BCUT2D eigenvalue weighted by atomic mass is 10.1. The Morgan fingerprint density at radius 2 is 2.18 bits per heavy atom. The molecular formula is C13H20N2OS. The number of nitrogens with one attached hydrogen (secondary N) is 1. The standard InChI is InChI=1S/C13H20N2OS/c1-9(2)7-17-8-12(16)15-13-10(3)5-4-6-11(13)14/h4-6,9H,7-8,14H2,1-3H3,(H,15,16). The number of carbonyl (C=O) groups excluding carboxylic acids is 1. The smallest absolute Gasteiger partial charge is 0.234 e. The Morgan fingerprint density at radius 1 is 1.47 bits per heavy atom. The van der Waals surface area contributed by atoms with E-state index in [0.717, 1.165) is 17.0 Å². The summed E-state index contributed by atoms with van der Waals surface area (Å²) >= 11 is 1.65. The summed E-state index contributed by atoms with van der Waals surface area (Å²) in [6.07, 6.45) is 0. The van der Waals surface area contributed by atoms with Crippen LogP contribution in [0.4, 0.5) is 11.4 Å². The number of hydrogen-bond acceptors (Lipinski definition) is 3. The molecule has 0 atom stereocenters. The summed E-state index contributed by atoms with van der Waals surface area (Å²) < 4.78 is 0. The van der Waals surface area contributed by atoms with Gasteiger partial charge in [-0.25, -0.2) is 0 Å². The van der Waals surface area contributed by atoms with Crippen molar-refractivity contribution >= 4 is 29.0 Å². The second kappa shape index (κ2) is 6.55. The van der Waals surface area contributed by atoms with Gasteiger partial charge in [0, 0.05) is 0 Å². The Labute approximate surface area is 107 Å². The number of benzene rings is 1. The quantitative estimate of drug-likeness (QED) is 0.792. The second-order valence-electron chi connectivity index (χ2n) is 4.50. The van der Waals surface area contributed by atoms with Gasteiger partial charge in [-0.1, -0.05) is 26.0 Å². The summed E-state index contributed by atoms with van der Waals surface area (Å²) in [5.74, 6) is 2.09. The lowest BCUT2D eigenvalue weighted by molar-refractivity contribution is -0.113. The summed E-state index contributed by atoms with van der Waals surface area (Å²) in [5, 5.41) is 2.87. The molecular weight excluding hydrogens is 232 g/mol. The molecule has 0 spiro atoms. The molecule has 0 aromatic heterocycles. The summed E-state index contributed by atoms with van der Waals surface area (Å²) in [7, 11) is 0. The maximum atomic E-state index is 11.7. The highest BCUT2D eigenvalue weighted by molar-refractivity contribution is 7.99. The Kier molecular flexibility index (Phi) is 5.35. The molecule has 4 heteroatoms. The van der Waals surface area contributed by atoms with Crippen molar-refractivity contribution in [3.63, 3.8) is 0 Å². The third-order valence-electron chi connectivity index (χ3n) is 2.25. The molecule has 0 bridgehead atoms. The van der Waals surface area contributed by atoms with E-state index in [1.165, 1.54) is 0 Å². The molecule has 1 amide bonds. The van der Waals surface area contributed by atoms with Gasteiger partial charge in [0.25, 0.3) is 0 Å². The zero-order valence-electron chi connectivity index (χ0n) is 10.6. The van der Waals surface area contributed by atoms with Crippen LogP contribution in [0.1, 0.15) is 19.4 Å². The molecule has 94 valence electrons. The molecule has 0 aliphatic rings. The van der Waals surface area contributed by atoms with Crippen LogP contribution in [0, 0.1) is 12.8 Å². The third kappa shape index (κ3) is 4.69. The first-order chi connectivity index (χ1) is 8.00. The van der Waals surface area contributed by atoms with Gasteiger partial charge in [-0.3, -0.25) is 4.79 Å². The SMILES string of the molecule is Cc1cccc(N)c1NC(=O)CSCC(C)C. The summed E-state index contributed by atoms with van der Waals surface area (Å²) in [4.78, 5) is 11.7. The molecule has 3 nitrogen and oxygen atoms in total. The van der Waals surface area contributed by atoms with Crippen molar-refractivity contribution < 1.29 is 4.79 Å². The largest absolute Gasteiger partial charge is 0.397 e. The average molecular weight is 252 g/mol. The summed E-state index contributed by atoms with van der Waals surface area (Å²) in [5.41, 5.74) is 8.17. The van der Waals surface area contributed by atoms with E-state index >= 15 is 0 Å². The zero-order valence-corrected chi connectivity index (χ0v) is 11.4. The van der Waals surface area contributed by atoms with Gasteiger partial charge in [0.15, 0.2) is 0 Å². The summed E-state index contributed by atoms with van der Waals surface area (Å²) in [6, 6.07) is 5.62. The average Bonchev–Trinajstić information content (AvgIpc) is 2.23. The van der Waals surface area contributed by atoms with Crippen LogP contribution in [0.25, 0.3) is 0 Å². The number of nitrogen functional groups attached to an aromatic ring is 1. The second-order valence-corrected chi connectivity index (χ2v) is 5.53. The number of carbonyl (C=O) groups is 1. The predicted octanol–water partition coefficient (Wildman–Crippen LogP) is 2.90. The number of aryl methyl sites for hydroxylation is 1. The topological polar surface area (TPSA) is 55.1 Å². The maximum Gasteiger partial charge on any atom is 0.234 e. The van der Waals surface area contributed by atoms with E-state index in [1.807, 2.05) is 19.1 Å². The summed E-state index contributed by atoms with van der Waals surface area (Å²) in [6.45, 7) is 6.22. The molecule has 1 aromatic carbocycles. The Morgan fingerprint density at radius 3 is 2.76 bits per heavy atom. The fraction of sp³-hybridized carbons (Fsp3) is 0.462. The van der Waals surface area contributed by atoms with E-state index in [2.05, 4.69) is 19.2 Å². The lowest BCUT2D eigenvalue weighted by Crippen LogP contribution is -2.16. The fourth-order valence-electron chi connectivity index (χ4n) is 1.42. The van der Waals surface area contributed by atoms with E-state index in [4.69, 9.17) is 5.73 Å². The number of para-hydroxylation sites is 1. The first-order valence-electron chi connectivity index (χ1n) is 5.73. The number of nitrogens with two attached hydrogens (primary N) is 1. The van der Waals surface area contributed by atoms with Crippen LogP contribution in [0.2, 0.25) is 0 Å². The molecule has 0 radical (unpaired) electrons. The number of amides is 1. The van der Waals surface area contributed by atoms with Gasteiger partial charge in [0.05, 0.1) is 17.1 Å². The normalized spacial score (nSPS) is 10.6. The van der Waals surface area contributed by atoms with Crippen molar-refractivity contribution in [3.05, 3.63) is 23.8 Å². The minimum absolute atomic E-state index is 0.0108. The van der Waals surface area contributed by atoms with Crippen LogP contribution in [-0.2, 0) is 4.79 Å². The van der Waals surface area contributed by atoms with Gasteiger partial charge in [-0.15, -0.1) is 0 Å². The van der Waals surface area contributed by atoms with E-state index in [9.17, 15) is 4.79 Å². The fourth-order valence-corrected chi connectivity index (χ4v) is 2.27. The zero-order chi connectivity index (χ0) is 12.8. The Hall–Kier alpha value is -1.16. The lowest BCUT2D eigenvalue weighted by Gasteiger charge is -2.11. The van der Waals surface area contributed by atoms with E-state index in [-0.39, 0.29) is 5.91 Å². The van der Waals surface area contributed by atoms with Crippen LogP contribution in [-0.4, -0.2) is 17.4 Å². The molecule has 1 rings (SSSR count). The molecule has 17 heavy (non-hydrogen) atoms. The molecule has 0 fully saturated rings. The number of hydrogen-bond donors (Lipinski definition) is 2. The van der Waals surface area contributed by atoms with Crippen molar-refractivity contribution in [1.82, 2.24) is 0 Å². The third-order valence-corrected chi connectivity index (χ3v) is 3.62. The molecule has 0 saturated heterocycles. The first-order valence-corrected chi connectivity index (χ1v) is 6.89. The van der Waals surface area contributed by atoms with Crippen LogP contribution < -0.4 is 11.1 Å². The van der Waals surface area contributed by atoms with Crippen LogP contribution in [0.15, 0.2) is 18.2 Å². The van der Waals surface area contributed by atoms with Gasteiger partial charge >= 0.3 is 0 Å². The molecule has 0 saturated carbocycles. The number of rotatable bonds is 5. The number of thioether (sulfide) groups is 1. The maximum absolute atomic E-state index is 11.7. The van der Waals surface area contributed by atoms with Crippen molar-refractivity contribution in [2.45, 2.75) is 20.8 Å². The number of anilines is 2. The minimum Gasteiger partial charge on any atom is -0.397 e. The molecule has 1 aromatic rings. The van der Waals surface area contributed by atoms with Crippen molar-refractivity contribution in [3.8, 4) is 0 Å². The minimum atomic E-state index is 0.0108. The molecule has 0 aliphatic carbocycles. The van der Waals surface area contributed by atoms with E-state index in [1.54, 1.807) is 17.8 Å². The van der Waals surface area contributed by atoms with Crippen LogP contribution >= 0.6 is 11.8 Å². The highest BCUT2D eigenvalue weighted by Crippen LogP contribution is 2.22. The molecule has 0 aliphatic heterocycles.